The average Bonchev–Trinajstić information content (AvgIpc) is 3.80. The molecular weight excluding hydrogens is 969 g/mol. The van der Waals surface area contributed by atoms with Crippen molar-refractivity contribution in [3.8, 4) is 0 Å². The number of nitrogens with zero attached hydrogens (tertiary/aromatic N) is 9. The van der Waals surface area contributed by atoms with E-state index in [1.165, 1.54) is 51.4 Å². The van der Waals surface area contributed by atoms with Crippen molar-refractivity contribution in [2.45, 2.75) is 95.9 Å². The summed E-state index contributed by atoms with van der Waals surface area (Å²) in [4.78, 5) is 75.9. The molecule has 322 valence electrons. The topological polar surface area (TPSA) is 390 Å². The molecule has 1 aromatic heterocycles. The Morgan fingerprint density at radius 2 is 1.93 bits per heavy atom. The van der Waals surface area contributed by atoms with Crippen molar-refractivity contribution < 1.29 is 61.5 Å². The summed E-state index contributed by atoms with van der Waals surface area (Å²) in [6, 6.07) is 0.00324. The van der Waals surface area contributed by atoms with E-state index in [0.717, 1.165) is 4.57 Å². The van der Waals surface area contributed by atoms with E-state index in [0.29, 0.717) is 0 Å². The predicted octanol–water partition coefficient (Wildman–Crippen LogP) is 0.109. The van der Waals surface area contributed by atoms with Crippen LogP contribution in [-0.2, 0) is 41.7 Å². The van der Waals surface area contributed by atoms with Crippen LogP contribution >= 0.6 is 59.8 Å². The van der Waals surface area contributed by atoms with Crippen LogP contribution in [0.5, 0.6) is 0 Å². The number of nitrogens with two attached hydrogens (primary N) is 3. The van der Waals surface area contributed by atoms with Gasteiger partial charge in [-0.25, -0.2) is 28.9 Å². The number of hydrogen-bond donors (Lipinski definition) is 7. The summed E-state index contributed by atoms with van der Waals surface area (Å²) >= 11 is 1.93. The summed E-state index contributed by atoms with van der Waals surface area (Å²) in [6.07, 6.45) is -7.62. The molecule has 5 heterocycles. The van der Waals surface area contributed by atoms with Crippen LogP contribution in [0.2, 0.25) is 0 Å². The highest BCUT2D eigenvalue weighted by molar-refractivity contribution is 14.1. The number of phosphoric ester groups is 2. The lowest BCUT2D eigenvalue weighted by molar-refractivity contribution is -0.158. The van der Waals surface area contributed by atoms with Gasteiger partial charge in [-0.05, 0) is 40.6 Å². The minimum atomic E-state index is -5.19. The second-order valence-corrected chi connectivity index (χ2v) is 20.6. The number of carbonyl (C=O) groups excluding carboxylic acids is 1. The number of carbonyl (C=O) groups is 1. The average molecular weight is 1010 g/mol. The predicted molar refractivity (Wildman–Crippen MR) is 216 cm³/mol. The molecule has 2 saturated heterocycles. The molecule has 0 radical (unpaired) electrons. The number of aromatic nitrogens is 2. The third-order valence-corrected chi connectivity index (χ3v) is 14.9. The molecule has 58 heavy (non-hydrogen) atoms. The summed E-state index contributed by atoms with van der Waals surface area (Å²) in [5.41, 5.74) is 25.9. The molecule has 26 nitrogen and oxygen atoms in total. The molecule has 6 unspecified atom stereocenters. The van der Waals surface area contributed by atoms with Crippen molar-refractivity contribution in [3.63, 3.8) is 0 Å². The SMILES string of the molecule is CC(C)SSC(CN=[N+]=[N-])C[C@H](N)C(=O)O[C@@H]1C(COP(=O)(O)O[C@H]2CC(n3ccc(N)nc3=O)O[C@@H]2COP(=O)(O)O)O[C@@H](N2C=NC3(I)C(N)=NC=NC23)[C@@H]1O. The number of alkyl halides is 1. The van der Waals surface area contributed by atoms with Crippen LogP contribution in [0.1, 0.15) is 32.9 Å². The van der Waals surface area contributed by atoms with Gasteiger partial charge in [-0.1, -0.05) is 40.5 Å². The Morgan fingerprint density at radius 3 is 2.60 bits per heavy atom. The highest BCUT2D eigenvalue weighted by atomic mass is 127. The van der Waals surface area contributed by atoms with E-state index in [4.69, 9.17) is 46.0 Å². The van der Waals surface area contributed by atoms with Gasteiger partial charge in [-0.15, -0.1) is 0 Å². The third kappa shape index (κ3) is 11.7. The number of aliphatic hydroxyl groups excluding tert-OH is 1. The van der Waals surface area contributed by atoms with Crippen LogP contribution in [0, 0.1) is 0 Å². The van der Waals surface area contributed by atoms with E-state index in [-0.39, 0.29) is 36.3 Å². The molecule has 5 rings (SSSR count). The van der Waals surface area contributed by atoms with Gasteiger partial charge < -0.3 is 56.1 Å². The van der Waals surface area contributed by atoms with Gasteiger partial charge in [0.2, 0.25) is 3.55 Å². The number of aliphatic hydroxyl groups is 1. The summed E-state index contributed by atoms with van der Waals surface area (Å²) in [5, 5.41) is 15.0. The van der Waals surface area contributed by atoms with Crippen LogP contribution in [-0.4, -0.2) is 141 Å². The number of amidine groups is 1. The quantitative estimate of drug-likeness (QED) is 0.0111. The van der Waals surface area contributed by atoms with Gasteiger partial charge in [0.1, 0.15) is 54.7 Å². The lowest BCUT2D eigenvalue weighted by atomic mass is 10.1. The highest BCUT2D eigenvalue weighted by Crippen LogP contribution is 2.50. The monoisotopic (exact) mass is 1010 g/mol. The molecule has 2 fully saturated rings. The summed E-state index contributed by atoms with van der Waals surface area (Å²) in [6.45, 7) is 2.25. The fraction of sp³-hybridized carbons (Fsp3) is 0.704. The molecule has 0 bridgehead atoms. The van der Waals surface area contributed by atoms with Gasteiger partial charge in [0, 0.05) is 34.6 Å². The summed E-state index contributed by atoms with van der Waals surface area (Å²) in [5.74, 6) is -0.975. The Kier molecular flexibility index (Phi) is 15.7. The smallest absolute Gasteiger partial charge is 0.455 e. The number of nitrogen functional groups attached to an aromatic ring is 1. The van der Waals surface area contributed by atoms with Crippen molar-refractivity contribution in [1.29, 1.82) is 0 Å². The van der Waals surface area contributed by atoms with Gasteiger partial charge >= 0.3 is 27.3 Å². The van der Waals surface area contributed by atoms with E-state index in [2.05, 4.69) is 34.5 Å². The second kappa shape index (κ2) is 19.5. The van der Waals surface area contributed by atoms with Crippen LogP contribution < -0.4 is 22.9 Å². The molecule has 31 heteroatoms. The Balaban J connectivity index is 1.33. The molecule has 4 aliphatic rings. The van der Waals surface area contributed by atoms with Gasteiger partial charge in [-0.3, -0.25) is 22.9 Å². The van der Waals surface area contributed by atoms with Crippen LogP contribution in [0.25, 0.3) is 10.4 Å². The van der Waals surface area contributed by atoms with Crippen molar-refractivity contribution >= 4 is 90.1 Å². The lowest BCUT2D eigenvalue weighted by Gasteiger charge is -2.35. The Morgan fingerprint density at radius 1 is 1.21 bits per heavy atom. The van der Waals surface area contributed by atoms with Gasteiger partial charge in [0.05, 0.1) is 19.6 Å². The zero-order valence-corrected chi connectivity index (χ0v) is 36.0. The number of azide groups is 1. The molecule has 0 aromatic carbocycles. The van der Waals surface area contributed by atoms with Crippen LogP contribution in [0.15, 0.2) is 37.1 Å². The van der Waals surface area contributed by atoms with E-state index in [1.807, 2.05) is 36.4 Å². The van der Waals surface area contributed by atoms with E-state index in [1.54, 1.807) is 0 Å². The first-order valence-electron chi connectivity index (χ1n) is 17.1. The number of esters is 1. The maximum absolute atomic E-state index is 13.5. The van der Waals surface area contributed by atoms with Crippen LogP contribution in [0.3, 0.4) is 0 Å². The number of ether oxygens (including phenoxy) is 3. The second-order valence-electron chi connectivity index (χ2n) is 13.2. The molecule has 12 atom stereocenters. The molecule has 10 N–H and O–H groups in total. The van der Waals surface area contributed by atoms with Crippen molar-refractivity contribution in [2.24, 2.45) is 31.6 Å². The lowest BCUT2D eigenvalue weighted by Crippen LogP contribution is -2.55. The summed E-state index contributed by atoms with van der Waals surface area (Å²) in [7, 11) is -7.38. The Labute approximate surface area is 350 Å². The number of rotatable bonds is 19. The first-order chi connectivity index (χ1) is 27.2. The first kappa shape index (κ1) is 46.6. The first-order valence-corrected chi connectivity index (χ1v) is 23.4. The van der Waals surface area contributed by atoms with Crippen molar-refractivity contribution in [2.75, 3.05) is 25.5 Å². The highest BCUT2D eigenvalue weighted by Gasteiger charge is 2.57. The number of aliphatic imine (C=N–C) groups is 3. The Hall–Kier alpha value is -2.44. The van der Waals surface area contributed by atoms with Crippen LogP contribution in [0.4, 0.5) is 5.82 Å². The number of anilines is 1. The van der Waals surface area contributed by atoms with E-state index >= 15 is 0 Å². The molecule has 0 saturated carbocycles. The number of phosphoric acid groups is 2. The number of hydrogen-bond acceptors (Lipinski definition) is 22. The number of halogens is 1. The number of fused-ring (bicyclic) bond motifs is 1. The summed E-state index contributed by atoms with van der Waals surface area (Å²) < 4.78 is 57.4. The third-order valence-electron chi connectivity index (χ3n) is 8.59. The maximum atomic E-state index is 13.5. The zero-order valence-electron chi connectivity index (χ0n) is 30.4. The largest absolute Gasteiger partial charge is 0.472 e. The van der Waals surface area contributed by atoms with Crippen molar-refractivity contribution in [1.82, 2.24) is 14.5 Å². The molecule has 0 aliphatic carbocycles. The molecule has 0 spiro atoms. The fourth-order valence-corrected chi connectivity index (χ4v) is 10.3. The normalized spacial score (nSPS) is 31.4. The van der Waals surface area contributed by atoms with Gasteiger partial charge in [-0.2, -0.15) is 4.98 Å². The Bertz CT molecular complexity index is 1960. The van der Waals surface area contributed by atoms with E-state index in [9.17, 15) is 38.5 Å². The maximum Gasteiger partial charge on any atom is 0.472 e. The minimum Gasteiger partial charge on any atom is -0.455 e. The molecule has 4 aliphatic heterocycles. The minimum absolute atomic E-state index is 0.0115. The van der Waals surface area contributed by atoms with Gasteiger partial charge in [0.25, 0.3) is 0 Å². The van der Waals surface area contributed by atoms with E-state index < -0.39 is 104 Å². The molecular formula is C27H41IN12O14P2S2. The van der Waals surface area contributed by atoms with Gasteiger partial charge in [0.15, 0.2) is 18.5 Å². The molecule has 1 aromatic rings. The van der Waals surface area contributed by atoms with Crippen molar-refractivity contribution in [3.05, 3.63) is 33.2 Å². The molecule has 0 amide bonds. The standard InChI is InChI=1S/C27H41IN12O14P2S2/c1-12(2)57-58-13(7-36-38-32)5-14(29)23(42)53-21-17(52-22(20(21)41)40-11-35-27(28)24(31)33-10-34-25(27)40)9-50-56(47,48)54-15-6-19(39-4-3-18(30)37-26(39)43)51-16(15)8-49-55(44,45)46/h3-4,10-17,19-22,25,41H,5-9,29H2,1-2H3,(H,47,48)(H2,30,37,43)(H2,31,33,34)(H2,44,45,46)/t13?,14-,15-,16+,17?,19?,20+,21+,22+,25?,27?/m0/s1. The fourth-order valence-electron chi connectivity index (χ4n) is 5.93. The zero-order chi connectivity index (χ0) is 42.6.